The Morgan fingerprint density at radius 2 is 1.88 bits per heavy atom. The minimum atomic E-state index is -0.144. The van der Waals surface area contributed by atoms with Crippen molar-refractivity contribution in [3.05, 3.63) is 95.0 Å². The minimum Gasteiger partial charge on any atom is -0.370 e. The Bertz CT molecular complexity index is 1210. The van der Waals surface area contributed by atoms with Crippen molar-refractivity contribution in [1.29, 1.82) is 0 Å². The summed E-state index contributed by atoms with van der Waals surface area (Å²) in [6, 6.07) is 16.1. The molecule has 0 atom stereocenters. The summed E-state index contributed by atoms with van der Waals surface area (Å²) in [6.07, 6.45) is 10.2. The number of benzene rings is 1. The molecule has 0 bridgehead atoms. The molecular weight excluding hydrogens is 430 g/mol. The molecule has 6 nitrogen and oxygen atoms in total. The summed E-state index contributed by atoms with van der Waals surface area (Å²) < 4.78 is 2.00. The number of aromatic nitrogens is 3. The van der Waals surface area contributed by atoms with Crippen LogP contribution in [0.4, 0.5) is 10.8 Å². The van der Waals surface area contributed by atoms with Crippen molar-refractivity contribution in [3.63, 3.8) is 0 Å². The molecule has 5 rings (SSSR count). The van der Waals surface area contributed by atoms with Gasteiger partial charge >= 0.3 is 0 Å². The summed E-state index contributed by atoms with van der Waals surface area (Å²) in [5.74, 6) is -0.144. The molecule has 0 saturated carbocycles. The lowest BCUT2D eigenvalue weighted by atomic mass is 10.1. The van der Waals surface area contributed by atoms with Gasteiger partial charge in [0.25, 0.3) is 5.91 Å². The molecule has 1 aromatic carbocycles. The average Bonchev–Trinajstić information content (AvgIpc) is 3.50. The quantitative estimate of drug-likeness (QED) is 0.413. The van der Waals surface area contributed by atoms with Crippen molar-refractivity contribution in [3.8, 4) is 0 Å². The second-order valence-corrected chi connectivity index (χ2v) is 9.19. The second-order valence-electron chi connectivity index (χ2n) is 8.33. The molecule has 1 fully saturated rings. The average molecular weight is 458 g/mol. The maximum Gasteiger partial charge on any atom is 0.274 e. The normalized spacial score (nSPS) is 13.8. The van der Waals surface area contributed by atoms with E-state index >= 15 is 0 Å². The number of pyridine rings is 1. The van der Waals surface area contributed by atoms with Gasteiger partial charge < -0.3 is 9.47 Å². The van der Waals surface area contributed by atoms with Gasteiger partial charge in [0.2, 0.25) is 0 Å². The van der Waals surface area contributed by atoms with Gasteiger partial charge in [0, 0.05) is 43.8 Å². The molecule has 1 aliphatic rings. The molecule has 168 valence electrons. The van der Waals surface area contributed by atoms with Crippen molar-refractivity contribution in [2.45, 2.75) is 32.2 Å². The van der Waals surface area contributed by atoms with Gasteiger partial charge in [-0.25, -0.2) is 4.98 Å². The summed E-state index contributed by atoms with van der Waals surface area (Å²) in [4.78, 5) is 24.4. The van der Waals surface area contributed by atoms with Crippen LogP contribution < -0.4 is 10.2 Å². The number of piperidine rings is 1. The Morgan fingerprint density at radius 1 is 1.03 bits per heavy atom. The molecule has 4 aromatic rings. The van der Waals surface area contributed by atoms with Gasteiger partial charge in [0.1, 0.15) is 5.69 Å². The maximum absolute atomic E-state index is 13.1. The first-order chi connectivity index (χ1) is 16.3. The molecule has 1 N–H and O–H groups in total. The third kappa shape index (κ3) is 5.14. The number of hydrogen-bond donors (Lipinski definition) is 1. The van der Waals surface area contributed by atoms with Crippen LogP contribution in [-0.4, -0.2) is 33.5 Å². The zero-order valence-electron chi connectivity index (χ0n) is 18.5. The van der Waals surface area contributed by atoms with Crippen molar-refractivity contribution in [1.82, 2.24) is 14.5 Å². The smallest absolute Gasteiger partial charge is 0.274 e. The zero-order chi connectivity index (χ0) is 22.5. The van der Waals surface area contributed by atoms with E-state index in [0.29, 0.717) is 17.4 Å². The number of hydrogen-bond acceptors (Lipinski definition) is 5. The second kappa shape index (κ2) is 10.0. The van der Waals surface area contributed by atoms with E-state index in [1.807, 2.05) is 58.9 Å². The van der Waals surface area contributed by atoms with Crippen molar-refractivity contribution >= 4 is 28.1 Å². The van der Waals surface area contributed by atoms with E-state index in [4.69, 9.17) is 0 Å². The summed E-state index contributed by atoms with van der Waals surface area (Å²) in [5, 5.41) is 5.60. The first kappa shape index (κ1) is 21.4. The van der Waals surface area contributed by atoms with E-state index in [-0.39, 0.29) is 5.91 Å². The highest BCUT2D eigenvalue weighted by Crippen LogP contribution is 2.25. The molecule has 0 radical (unpaired) electrons. The summed E-state index contributed by atoms with van der Waals surface area (Å²) >= 11 is 1.46. The van der Waals surface area contributed by atoms with Crippen LogP contribution in [0.2, 0.25) is 0 Å². The third-order valence-corrected chi connectivity index (χ3v) is 6.79. The Balaban J connectivity index is 1.28. The van der Waals surface area contributed by atoms with Crippen LogP contribution in [0.5, 0.6) is 0 Å². The van der Waals surface area contributed by atoms with Crippen molar-refractivity contribution in [2.75, 3.05) is 23.3 Å². The van der Waals surface area contributed by atoms with Gasteiger partial charge in [0.15, 0.2) is 5.13 Å². The number of amides is 1. The third-order valence-electron chi connectivity index (χ3n) is 5.99. The van der Waals surface area contributed by atoms with Gasteiger partial charge in [-0.1, -0.05) is 30.3 Å². The molecule has 1 amide bonds. The summed E-state index contributed by atoms with van der Waals surface area (Å²) in [6.45, 7) is 2.75. The van der Waals surface area contributed by atoms with Crippen LogP contribution in [0.15, 0.2) is 72.5 Å². The van der Waals surface area contributed by atoms with Gasteiger partial charge in [0.05, 0.1) is 17.6 Å². The van der Waals surface area contributed by atoms with E-state index in [1.165, 1.54) is 47.4 Å². The van der Waals surface area contributed by atoms with Gasteiger partial charge in [-0.15, -0.1) is 11.3 Å². The highest BCUT2D eigenvalue weighted by Gasteiger charge is 2.17. The molecule has 1 aliphatic heterocycles. The Labute approximate surface area is 197 Å². The van der Waals surface area contributed by atoms with Gasteiger partial charge in [-0.3, -0.25) is 15.1 Å². The predicted octanol–water partition coefficient (Wildman–Crippen LogP) is 5.22. The molecule has 3 aromatic heterocycles. The van der Waals surface area contributed by atoms with Crippen LogP contribution in [0.1, 0.15) is 46.6 Å². The molecule has 0 spiro atoms. The SMILES string of the molecule is O=C(Nc1nc(Cc2ccccc2)cs1)c1cccn1Cc1ccncc1N1CCCCC1. The topological polar surface area (TPSA) is 63.1 Å². The first-order valence-corrected chi connectivity index (χ1v) is 12.3. The lowest BCUT2D eigenvalue weighted by Gasteiger charge is -2.30. The number of carbonyl (C=O) groups excluding carboxylic acids is 1. The fourth-order valence-corrected chi connectivity index (χ4v) is 5.03. The molecule has 7 heteroatoms. The Kier molecular flexibility index (Phi) is 6.48. The van der Waals surface area contributed by atoms with Crippen LogP contribution in [0.25, 0.3) is 0 Å². The van der Waals surface area contributed by atoms with Crippen LogP contribution >= 0.6 is 11.3 Å². The monoisotopic (exact) mass is 457 g/mol. The molecule has 0 aliphatic carbocycles. The number of rotatable bonds is 7. The fourth-order valence-electron chi connectivity index (χ4n) is 4.32. The summed E-state index contributed by atoms with van der Waals surface area (Å²) in [5.41, 5.74) is 5.13. The van der Waals surface area contributed by atoms with Gasteiger partial charge in [-0.2, -0.15) is 0 Å². The lowest BCUT2D eigenvalue weighted by molar-refractivity contribution is 0.101. The highest BCUT2D eigenvalue weighted by atomic mass is 32.1. The van der Waals surface area contributed by atoms with Crippen LogP contribution in [-0.2, 0) is 13.0 Å². The molecular formula is C26H27N5OS. The summed E-state index contributed by atoms with van der Waals surface area (Å²) in [7, 11) is 0. The predicted molar refractivity (Wildman–Crippen MR) is 133 cm³/mol. The maximum atomic E-state index is 13.1. The lowest BCUT2D eigenvalue weighted by Crippen LogP contribution is -2.30. The van der Waals surface area contributed by atoms with E-state index in [9.17, 15) is 4.79 Å². The van der Waals surface area contributed by atoms with Crippen LogP contribution in [0, 0.1) is 0 Å². The Morgan fingerprint density at radius 3 is 2.73 bits per heavy atom. The molecule has 4 heterocycles. The van der Waals surface area contributed by atoms with Crippen molar-refractivity contribution < 1.29 is 4.79 Å². The van der Waals surface area contributed by atoms with E-state index < -0.39 is 0 Å². The number of anilines is 2. The largest absolute Gasteiger partial charge is 0.370 e. The van der Waals surface area contributed by atoms with E-state index in [0.717, 1.165) is 25.2 Å². The standard InChI is InChI=1S/C26H27N5OS/c32-25(29-26-28-22(19-33-26)16-20-8-3-1-4-9-20)23-10-7-15-31(23)18-21-11-12-27-17-24(21)30-13-5-2-6-14-30/h1,3-4,7-12,15,17,19H,2,5-6,13-14,16,18H2,(H,28,29,32). The molecule has 1 saturated heterocycles. The zero-order valence-corrected chi connectivity index (χ0v) is 19.3. The van der Waals surface area contributed by atoms with Crippen molar-refractivity contribution in [2.24, 2.45) is 0 Å². The van der Waals surface area contributed by atoms with Gasteiger partial charge in [-0.05, 0) is 48.6 Å². The number of nitrogens with one attached hydrogen (secondary N) is 1. The first-order valence-electron chi connectivity index (χ1n) is 11.4. The number of carbonyl (C=O) groups is 1. The fraction of sp³-hybridized carbons (Fsp3) is 0.269. The molecule has 33 heavy (non-hydrogen) atoms. The molecule has 0 unspecified atom stereocenters. The minimum absolute atomic E-state index is 0.144. The Hall–Kier alpha value is -3.45. The van der Waals surface area contributed by atoms with E-state index in [2.05, 4.69) is 38.4 Å². The number of thiazole rings is 1. The van der Waals surface area contributed by atoms with E-state index in [1.54, 1.807) is 0 Å². The number of nitrogens with zero attached hydrogens (tertiary/aromatic N) is 4. The van der Waals surface area contributed by atoms with Crippen LogP contribution in [0.3, 0.4) is 0 Å². The highest BCUT2D eigenvalue weighted by molar-refractivity contribution is 7.14.